The summed E-state index contributed by atoms with van der Waals surface area (Å²) in [6.07, 6.45) is 1.42. The lowest BCUT2D eigenvalue weighted by atomic mass is 10.0. The van der Waals surface area contributed by atoms with Crippen LogP contribution in [0.5, 0.6) is 0 Å². The molecule has 4 heterocycles. The Bertz CT molecular complexity index is 2190. The van der Waals surface area contributed by atoms with E-state index in [9.17, 15) is 4.79 Å². The van der Waals surface area contributed by atoms with Gasteiger partial charge in [-0.15, -0.1) is 22.7 Å². The van der Waals surface area contributed by atoms with Crippen molar-refractivity contribution in [3.05, 3.63) is 107 Å². The number of nitrogens with zero attached hydrogens (tertiary/aromatic N) is 2. The normalized spacial score (nSPS) is 12.1. The number of aryl methyl sites for hydroxylation is 1. The van der Waals surface area contributed by atoms with Crippen molar-refractivity contribution >= 4 is 72.8 Å². The minimum absolute atomic E-state index is 0.265. The SMILES string of the molecule is Cc1ccc2c(c1)cc1c3ccccc3c3cc(-c4ccc(-c5ccc(/C=C(\C#N)C(=O)O)s5)s4)ccc3n21. The number of carboxylic acid groups (broad SMARTS) is 1. The fraction of sp³-hybridized carbons (Fsp3) is 0.0303. The monoisotopic (exact) mass is 540 g/mol. The first-order chi connectivity index (χ1) is 19.0. The standard InChI is InChI=1S/C33H20N2O2S2/c1-19-6-9-27-21(14-19)17-29-25-5-3-2-4-24(25)26-16-20(7-10-28(26)35(27)29)30-12-13-32(39-30)31-11-8-23(38-31)15-22(18-34)33(36)37/h2-17H,1H3,(H,36,37)/b22-15+. The average Bonchev–Trinajstić information content (AvgIpc) is 3.69. The van der Waals surface area contributed by atoms with Crippen molar-refractivity contribution in [1.29, 1.82) is 5.26 Å². The summed E-state index contributed by atoms with van der Waals surface area (Å²) in [4.78, 5) is 15.3. The van der Waals surface area contributed by atoms with Crippen molar-refractivity contribution < 1.29 is 9.90 Å². The molecule has 0 aliphatic rings. The van der Waals surface area contributed by atoms with E-state index in [0.29, 0.717) is 0 Å². The average molecular weight is 541 g/mol. The van der Waals surface area contributed by atoms with E-state index in [-0.39, 0.29) is 5.57 Å². The van der Waals surface area contributed by atoms with Gasteiger partial charge >= 0.3 is 5.97 Å². The second kappa shape index (κ2) is 8.95. The molecule has 0 fully saturated rings. The van der Waals surface area contributed by atoms with E-state index in [4.69, 9.17) is 10.4 Å². The summed E-state index contributed by atoms with van der Waals surface area (Å²) in [5, 5.41) is 23.2. The van der Waals surface area contributed by atoms with Gasteiger partial charge in [-0.2, -0.15) is 5.26 Å². The van der Waals surface area contributed by atoms with Gasteiger partial charge in [0.05, 0.1) is 16.6 Å². The highest BCUT2D eigenvalue weighted by Crippen LogP contribution is 2.41. The Morgan fingerprint density at radius 1 is 0.795 bits per heavy atom. The maximum Gasteiger partial charge on any atom is 0.346 e. The molecule has 1 N–H and O–H groups in total. The van der Waals surface area contributed by atoms with Crippen molar-refractivity contribution in [3.8, 4) is 26.3 Å². The lowest BCUT2D eigenvalue weighted by molar-refractivity contribution is -0.132. The quantitative estimate of drug-likeness (QED) is 0.137. The first kappa shape index (κ1) is 23.4. The zero-order chi connectivity index (χ0) is 26.7. The third-order valence-electron chi connectivity index (χ3n) is 7.09. The van der Waals surface area contributed by atoms with Gasteiger partial charge in [0.15, 0.2) is 0 Å². The summed E-state index contributed by atoms with van der Waals surface area (Å²) >= 11 is 3.19. The van der Waals surface area contributed by atoms with E-state index in [0.717, 1.165) is 25.1 Å². The van der Waals surface area contributed by atoms with Gasteiger partial charge in [-0.25, -0.2) is 4.79 Å². The highest BCUT2D eigenvalue weighted by Gasteiger charge is 2.15. The summed E-state index contributed by atoms with van der Waals surface area (Å²) in [6, 6.07) is 34.1. The molecule has 0 bridgehead atoms. The predicted molar refractivity (Wildman–Crippen MR) is 163 cm³/mol. The summed E-state index contributed by atoms with van der Waals surface area (Å²) in [5.74, 6) is -1.21. The number of carboxylic acids is 1. The minimum Gasteiger partial charge on any atom is -0.477 e. The first-order valence-corrected chi connectivity index (χ1v) is 14.1. The Morgan fingerprint density at radius 3 is 2.36 bits per heavy atom. The molecule has 4 nitrogen and oxygen atoms in total. The Hall–Kier alpha value is -4.70. The van der Waals surface area contributed by atoms with Gasteiger partial charge in [0, 0.05) is 35.7 Å². The summed E-state index contributed by atoms with van der Waals surface area (Å²) in [5.41, 5.74) is 5.76. The van der Waals surface area contributed by atoms with Crippen LogP contribution in [0.4, 0.5) is 0 Å². The molecule has 3 aromatic carbocycles. The number of fused-ring (bicyclic) bond motifs is 8. The van der Waals surface area contributed by atoms with Crippen molar-refractivity contribution in [1.82, 2.24) is 4.40 Å². The van der Waals surface area contributed by atoms with Crippen LogP contribution in [0.2, 0.25) is 0 Å². The maximum absolute atomic E-state index is 11.2. The van der Waals surface area contributed by atoms with Crippen molar-refractivity contribution in [2.45, 2.75) is 6.92 Å². The number of pyridine rings is 1. The van der Waals surface area contributed by atoms with E-state index < -0.39 is 5.97 Å². The molecule has 0 unspecified atom stereocenters. The van der Waals surface area contributed by atoms with E-state index in [1.807, 2.05) is 12.1 Å². The Morgan fingerprint density at radius 2 is 1.54 bits per heavy atom. The Labute approximate surface area is 231 Å². The summed E-state index contributed by atoms with van der Waals surface area (Å²) in [6.45, 7) is 2.13. The van der Waals surface area contributed by atoms with Crippen LogP contribution in [0.25, 0.3) is 64.4 Å². The third kappa shape index (κ3) is 3.83. The lowest BCUT2D eigenvalue weighted by Gasteiger charge is -2.11. The molecule has 186 valence electrons. The van der Waals surface area contributed by atoms with E-state index >= 15 is 0 Å². The topological polar surface area (TPSA) is 65.5 Å². The molecule has 0 aliphatic carbocycles. The highest BCUT2D eigenvalue weighted by atomic mass is 32.1. The molecule has 0 amide bonds. The lowest BCUT2D eigenvalue weighted by Crippen LogP contribution is -1.96. The molecule has 0 saturated heterocycles. The number of benzene rings is 3. The zero-order valence-corrected chi connectivity index (χ0v) is 22.4. The molecule has 39 heavy (non-hydrogen) atoms. The number of hydrogen-bond donors (Lipinski definition) is 1. The highest BCUT2D eigenvalue weighted by molar-refractivity contribution is 7.24. The molecule has 0 aliphatic heterocycles. The van der Waals surface area contributed by atoms with Crippen LogP contribution in [0.1, 0.15) is 10.4 Å². The van der Waals surface area contributed by atoms with Gasteiger partial charge in [0.1, 0.15) is 11.6 Å². The van der Waals surface area contributed by atoms with E-state index in [1.165, 1.54) is 61.1 Å². The maximum atomic E-state index is 11.2. The molecule has 6 heteroatoms. The molecule has 0 atom stereocenters. The predicted octanol–water partition coefficient (Wildman–Crippen LogP) is 9.16. The summed E-state index contributed by atoms with van der Waals surface area (Å²) < 4.78 is 2.38. The minimum atomic E-state index is -1.21. The van der Waals surface area contributed by atoms with Gasteiger partial charge in [-0.05, 0) is 78.5 Å². The van der Waals surface area contributed by atoms with Crippen LogP contribution < -0.4 is 0 Å². The number of rotatable bonds is 4. The first-order valence-electron chi connectivity index (χ1n) is 12.4. The molecular weight excluding hydrogens is 521 g/mol. The number of thiophene rings is 2. The fourth-order valence-electron chi connectivity index (χ4n) is 5.31. The third-order valence-corrected chi connectivity index (χ3v) is 9.45. The van der Waals surface area contributed by atoms with Crippen LogP contribution in [0.3, 0.4) is 0 Å². The molecular formula is C33H20N2O2S2. The fourth-order valence-corrected chi connectivity index (χ4v) is 7.35. The van der Waals surface area contributed by atoms with Gasteiger partial charge in [0.25, 0.3) is 0 Å². The number of carbonyl (C=O) groups is 1. The van der Waals surface area contributed by atoms with E-state index in [2.05, 4.69) is 90.2 Å². The van der Waals surface area contributed by atoms with Crippen LogP contribution in [0.15, 0.2) is 96.6 Å². The molecule has 7 rings (SSSR count). The van der Waals surface area contributed by atoms with Gasteiger partial charge in [0.2, 0.25) is 0 Å². The molecule has 0 radical (unpaired) electrons. The van der Waals surface area contributed by atoms with Gasteiger partial charge < -0.3 is 9.51 Å². The second-order valence-electron chi connectivity index (χ2n) is 9.55. The Balaban J connectivity index is 1.36. The largest absolute Gasteiger partial charge is 0.477 e. The molecule has 0 saturated carbocycles. The molecule has 4 aromatic heterocycles. The second-order valence-corrected chi connectivity index (χ2v) is 11.7. The van der Waals surface area contributed by atoms with Crippen molar-refractivity contribution in [2.24, 2.45) is 0 Å². The van der Waals surface area contributed by atoms with Gasteiger partial charge in [-0.3, -0.25) is 0 Å². The van der Waals surface area contributed by atoms with Crippen LogP contribution in [-0.4, -0.2) is 15.5 Å². The smallest absolute Gasteiger partial charge is 0.346 e. The number of nitriles is 1. The number of aromatic nitrogens is 1. The number of hydrogen-bond acceptors (Lipinski definition) is 4. The molecule has 7 aromatic rings. The van der Waals surface area contributed by atoms with Crippen LogP contribution >= 0.6 is 22.7 Å². The zero-order valence-electron chi connectivity index (χ0n) is 20.8. The van der Waals surface area contributed by atoms with Crippen LogP contribution in [0, 0.1) is 18.3 Å². The van der Waals surface area contributed by atoms with Gasteiger partial charge in [-0.1, -0.05) is 42.0 Å². The molecule has 0 spiro atoms. The summed E-state index contributed by atoms with van der Waals surface area (Å²) in [7, 11) is 0. The van der Waals surface area contributed by atoms with Crippen LogP contribution in [-0.2, 0) is 4.79 Å². The van der Waals surface area contributed by atoms with Crippen molar-refractivity contribution in [3.63, 3.8) is 0 Å². The number of aliphatic carboxylic acids is 1. The Kier molecular flexibility index (Phi) is 5.38. The van der Waals surface area contributed by atoms with Crippen molar-refractivity contribution in [2.75, 3.05) is 0 Å². The van der Waals surface area contributed by atoms with E-state index in [1.54, 1.807) is 17.4 Å².